The van der Waals surface area contributed by atoms with Crippen molar-refractivity contribution < 1.29 is 18.4 Å². The molecule has 0 saturated carbocycles. The fourth-order valence-corrected chi connectivity index (χ4v) is 1.66. The van der Waals surface area contributed by atoms with Gasteiger partial charge in [-0.15, -0.1) is 6.58 Å². The van der Waals surface area contributed by atoms with Gasteiger partial charge in [0.1, 0.15) is 17.7 Å². The average molecular weight is 282 g/mol. The van der Waals surface area contributed by atoms with Gasteiger partial charge in [0.05, 0.1) is 5.56 Å². The number of unbranched alkanes of at least 4 members (excludes halogenated alkanes) is 1. The van der Waals surface area contributed by atoms with Crippen molar-refractivity contribution in [3.63, 3.8) is 0 Å². The third kappa shape index (κ3) is 4.46. The predicted molar refractivity (Wildman–Crippen MR) is 70.9 cm³/mol. The Morgan fingerprint density at radius 2 is 2.10 bits per heavy atom. The van der Waals surface area contributed by atoms with Crippen LogP contribution in [-0.4, -0.2) is 17.9 Å². The first kappa shape index (κ1) is 15.8. The van der Waals surface area contributed by atoms with Crippen LogP contribution in [-0.2, 0) is 4.79 Å². The highest BCUT2D eigenvalue weighted by Gasteiger charge is 2.20. The number of benzene rings is 1. The van der Waals surface area contributed by atoms with Crippen LogP contribution < -0.4 is 11.1 Å². The van der Waals surface area contributed by atoms with Gasteiger partial charge >= 0.3 is 0 Å². The molecular weight excluding hydrogens is 266 g/mol. The van der Waals surface area contributed by atoms with Crippen LogP contribution in [0.15, 0.2) is 30.9 Å². The third-order valence-electron chi connectivity index (χ3n) is 2.73. The monoisotopic (exact) mass is 282 g/mol. The summed E-state index contributed by atoms with van der Waals surface area (Å²) in [5.41, 5.74) is 4.84. The molecule has 1 aromatic rings. The number of amides is 2. The number of allylic oxidation sites excluding steroid dienone is 1. The summed E-state index contributed by atoms with van der Waals surface area (Å²) in [6, 6.07) is 1.69. The maximum atomic E-state index is 13.4. The number of hydrogen-bond acceptors (Lipinski definition) is 2. The lowest BCUT2D eigenvalue weighted by Gasteiger charge is -2.15. The molecular formula is C14H16F2N2O2. The van der Waals surface area contributed by atoms with E-state index in [0.717, 1.165) is 12.1 Å². The second-order valence-electron chi connectivity index (χ2n) is 4.27. The highest BCUT2D eigenvalue weighted by atomic mass is 19.1. The zero-order valence-electron chi connectivity index (χ0n) is 10.9. The van der Waals surface area contributed by atoms with Crippen LogP contribution in [0.1, 0.15) is 29.6 Å². The molecule has 4 nitrogen and oxygen atoms in total. The van der Waals surface area contributed by atoms with E-state index in [1.165, 1.54) is 0 Å². The summed E-state index contributed by atoms with van der Waals surface area (Å²) in [4.78, 5) is 23.1. The lowest BCUT2D eigenvalue weighted by molar-refractivity contribution is -0.120. The maximum absolute atomic E-state index is 13.4. The summed E-state index contributed by atoms with van der Waals surface area (Å²) in [6.07, 6.45) is 3.29. The summed E-state index contributed by atoms with van der Waals surface area (Å²) in [5.74, 6) is -3.27. The van der Waals surface area contributed by atoms with Gasteiger partial charge in [-0.2, -0.15) is 0 Å². The summed E-state index contributed by atoms with van der Waals surface area (Å²) in [5, 5.41) is 2.34. The molecule has 1 aromatic carbocycles. The van der Waals surface area contributed by atoms with Gasteiger partial charge in [-0.05, 0) is 31.4 Å². The predicted octanol–water partition coefficient (Wildman–Crippen LogP) is 1.90. The molecule has 0 radical (unpaired) electrons. The van der Waals surface area contributed by atoms with Crippen molar-refractivity contribution in [1.82, 2.24) is 5.32 Å². The Morgan fingerprint density at radius 3 is 2.65 bits per heavy atom. The standard InChI is InChI=1S/C14H16F2N2O2/c1-2-3-4-5-12(13(17)19)18-14(20)10-7-6-9(15)8-11(10)16/h2,6-8,12H,1,3-5H2,(H2,17,19)(H,18,20)/t12-/m1/s1. The molecule has 0 aliphatic carbocycles. The van der Waals surface area contributed by atoms with E-state index in [1.807, 2.05) is 0 Å². The molecule has 1 rings (SSSR count). The Hall–Kier alpha value is -2.24. The quantitative estimate of drug-likeness (QED) is 0.592. The minimum Gasteiger partial charge on any atom is -0.368 e. The molecule has 20 heavy (non-hydrogen) atoms. The van der Waals surface area contributed by atoms with Crippen molar-refractivity contribution in [3.05, 3.63) is 48.1 Å². The number of primary amides is 1. The fourth-order valence-electron chi connectivity index (χ4n) is 1.66. The summed E-state index contributed by atoms with van der Waals surface area (Å²) >= 11 is 0. The highest BCUT2D eigenvalue weighted by Crippen LogP contribution is 2.10. The molecule has 0 fully saturated rings. The van der Waals surface area contributed by atoms with Gasteiger partial charge in [-0.3, -0.25) is 9.59 Å². The Labute approximate surface area is 115 Å². The van der Waals surface area contributed by atoms with Crippen molar-refractivity contribution in [3.8, 4) is 0 Å². The molecule has 0 heterocycles. The topological polar surface area (TPSA) is 72.2 Å². The zero-order valence-corrected chi connectivity index (χ0v) is 10.9. The van der Waals surface area contributed by atoms with Gasteiger partial charge in [0.15, 0.2) is 0 Å². The number of carbonyl (C=O) groups excluding carboxylic acids is 2. The van der Waals surface area contributed by atoms with E-state index in [2.05, 4.69) is 11.9 Å². The molecule has 6 heteroatoms. The van der Waals surface area contributed by atoms with E-state index in [4.69, 9.17) is 5.73 Å². The van der Waals surface area contributed by atoms with Gasteiger partial charge in [0.25, 0.3) is 5.91 Å². The number of rotatable bonds is 7. The van der Waals surface area contributed by atoms with Crippen LogP contribution in [0.5, 0.6) is 0 Å². The van der Waals surface area contributed by atoms with E-state index < -0.39 is 29.5 Å². The van der Waals surface area contributed by atoms with Crippen LogP contribution in [0.2, 0.25) is 0 Å². The van der Waals surface area contributed by atoms with Crippen molar-refractivity contribution >= 4 is 11.8 Å². The molecule has 0 aliphatic heterocycles. The van der Waals surface area contributed by atoms with E-state index in [1.54, 1.807) is 6.08 Å². The number of halogens is 2. The Balaban J connectivity index is 2.74. The minimum atomic E-state index is -0.989. The Kier molecular flexibility index (Phi) is 5.83. The van der Waals surface area contributed by atoms with Gasteiger partial charge in [0, 0.05) is 6.07 Å². The lowest BCUT2D eigenvalue weighted by Crippen LogP contribution is -2.44. The molecule has 2 amide bonds. The first-order valence-corrected chi connectivity index (χ1v) is 6.12. The van der Waals surface area contributed by atoms with Crippen molar-refractivity contribution in [2.75, 3.05) is 0 Å². The number of nitrogens with one attached hydrogen (secondary N) is 1. The van der Waals surface area contributed by atoms with Gasteiger partial charge in [0.2, 0.25) is 5.91 Å². The number of carbonyl (C=O) groups is 2. The summed E-state index contributed by atoms with van der Waals surface area (Å²) in [6.45, 7) is 3.54. The van der Waals surface area contributed by atoms with Gasteiger partial charge < -0.3 is 11.1 Å². The molecule has 0 spiro atoms. The Bertz CT molecular complexity index is 518. The van der Waals surface area contributed by atoms with Crippen LogP contribution in [0.4, 0.5) is 8.78 Å². The second-order valence-corrected chi connectivity index (χ2v) is 4.27. The summed E-state index contributed by atoms with van der Waals surface area (Å²) in [7, 11) is 0. The highest BCUT2D eigenvalue weighted by molar-refractivity contribution is 5.97. The molecule has 0 bridgehead atoms. The summed E-state index contributed by atoms with van der Waals surface area (Å²) < 4.78 is 26.2. The zero-order chi connectivity index (χ0) is 15.1. The fraction of sp³-hybridized carbons (Fsp3) is 0.286. The molecule has 1 atom stereocenters. The molecule has 0 unspecified atom stereocenters. The van der Waals surface area contributed by atoms with Crippen molar-refractivity contribution in [2.24, 2.45) is 5.73 Å². The number of nitrogens with two attached hydrogens (primary N) is 1. The molecule has 108 valence electrons. The Morgan fingerprint density at radius 1 is 1.40 bits per heavy atom. The molecule has 3 N–H and O–H groups in total. The van der Waals surface area contributed by atoms with E-state index >= 15 is 0 Å². The normalized spacial score (nSPS) is 11.7. The smallest absolute Gasteiger partial charge is 0.254 e. The largest absolute Gasteiger partial charge is 0.368 e. The van der Waals surface area contributed by atoms with Crippen molar-refractivity contribution in [1.29, 1.82) is 0 Å². The van der Waals surface area contributed by atoms with Crippen LogP contribution in [0.3, 0.4) is 0 Å². The minimum absolute atomic E-state index is 0.329. The van der Waals surface area contributed by atoms with E-state index in [9.17, 15) is 18.4 Å². The van der Waals surface area contributed by atoms with Crippen LogP contribution in [0.25, 0.3) is 0 Å². The molecule has 0 aromatic heterocycles. The lowest BCUT2D eigenvalue weighted by atomic mass is 10.1. The van der Waals surface area contributed by atoms with Gasteiger partial charge in [-0.25, -0.2) is 8.78 Å². The first-order valence-electron chi connectivity index (χ1n) is 6.12. The molecule has 0 saturated heterocycles. The van der Waals surface area contributed by atoms with Crippen LogP contribution >= 0.6 is 0 Å². The van der Waals surface area contributed by atoms with E-state index in [0.29, 0.717) is 25.3 Å². The van der Waals surface area contributed by atoms with Crippen molar-refractivity contribution in [2.45, 2.75) is 25.3 Å². The first-order chi connectivity index (χ1) is 9.45. The third-order valence-corrected chi connectivity index (χ3v) is 2.73. The number of hydrogen-bond donors (Lipinski definition) is 2. The van der Waals surface area contributed by atoms with E-state index in [-0.39, 0.29) is 5.56 Å². The SMILES string of the molecule is C=CCCC[C@@H](NC(=O)c1ccc(F)cc1F)C(N)=O. The van der Waals surface area contributed by atoms with Gasteiger partial charge in [-0.1, -0.05) is 6.08 Å². The maximum Gasteiger partial charge on any atom is 0.254 e. The second kappa shape index (κ2) is 7.37. The van der Waals surface area contributed by atoms with Crippen LogP contribution in [0, 0.1) is 11.6 Å². The molecule has 0 aliphatic rings. The average Bonchev–Trinajstić information content (AvgIpc) is 2.37.